The van der Waals surface area contributed by atoms with E-state index in [1.807, 2.05) is 18.2 Å². The van der Waals surface area contributed by atoms with Crippen molar-refractivity contribution < 1.29 is 14.0 Å². The Morgan fingerprint density at radius 3 is 2.88 bits per heavy atom. The van der Waals surface area contributed by atoms with Crippen LogP contribution < -0.4 is 10.2 Å². The number of piperidine rings is 1. The number of para-hydroxylation sites is 1. The molecule has 2 fully saturated rings. The molecule has 2 aliphatic rings. The molecule has 1 N–H and O–H groups in total. The van der Waals surface area contributed by atoms with Gasteiger partial charge in [-0.15, -0.1) is 0 Å². The highest BCUT2D eigenvalue weighted by atomic mass is 35.5. The minimum atomic E-state index is -0.587. The Kier molecular flexibility index (Phi) is 4.68. The standard InChI is InChI=1S/C19H20ClN3O3/c20-13-4-1-2-6-16(13)23-9-3-5-14(19(23)25)22-18(24)15-11-26-17(21-15)10-12-7-8-12/h1-2,4,6,11-12,14H,3,5,7-10H2,(H,22,24)/t14-/m1/s1. The first kappa shape index (κ1) is 17.1. The van der Waals surface area contributed by atoms with Crippen LogP contribution in [0.5, 0.6) is 0 Å². The van der Waals surface area contributed by atoms with Crippen molar-refractivity contribution in [1.29, 1.82) is 0 Å². The van der Waals surface area contributed by atoms with Gasteiger partial charge in [0.25, 0.3) is 5.91 Å². The van der Waals surface area contributed by atoms with E-state index in [1.54, 1.807) is 11.0 Å². The van der Waals surface area contributed by atoms with Gasteiger partial charge in [0.15, 0.2) is 11.6 Å². The minimum absolute atomic E-state index is 0.153. The molecule has 1 aromatic carbocycles. The summed E-state index contributed by atoms with van der Waals surface area (Å²) < 4.78 is 5.37. The van der Waals surface area contributed by atoms with Crippen molar-refractivity contribution in [2.75, 3.05) is 11.4 Å². The molecule has 26 heavy (non-hydrogen) atoms. The monoisotopic (exact) mass is 373 g/mol. The van der Waals surface area contributed by atoms with Crippen LogP contribution in [0.3, 0.4) is 0 Å². The molecule has 1 aliphatic carbocycles. The van der Waals surface area contributed by atoms with Gasteiger partial charge in [-0.2, -0.15) is 0 Å². The molecule has 0 radical (unpaired) electrons. The van der Waals surface area contributed by atoms with E-state index >= 15 is 0 Å². The van der Waals surface area contributed by atoms with E-state index in [1.165, 1.54) is 19.1 Å². The SMILES string of the molecule is O=C(N[C@@H]1CCCN(c2ccccc2Cl)C1=O)c1coc(CC2CC2)n1. The molecule has 1 aromatic heterocycles. The molecule has 6 nitrogen and oxygen atoms in total. The minimum Gasteiger partial charge on any atom is -0.448 e. The fourth-order valence-electron chi connectivity index (χ4n) is 3.23. The van der Waals surface area contributed by atoms with Gasteiger partial charge < -0.3 is 14.6 Å². The molecule has 2 aromatic rings. The van der Waals surface area contributed by atoms with E-state index in [0.717, 1.165) is 12.8 Å². The molecule has 136 valence electrons. The summed E-state index contributed by atoms with van der Waals surface area (Å²) >= 11 is 6.22. The lowest BCUT2D eigenvalue weighted by molar-refractivity contribution is -0.121. The third kappa shape index (κ3) is 3.60. The average molecular weight is 374 g/mol. The second kappa shape index (κ2) is 7.11. The van der Waals surface area contributed by atoms with Gasteiger partial charge >= 0.3 is 0 Å². The van der Waals surface area contributed by atoms with Crippen molar-refractivity contribution in [2.45, 2.75) is 38.1 Å². The van der Waals surface area contributed by atoms with Crippen LogP contribution in [0.2, 0.25) is 5.02 Å². The van der Waals surface area contributed by atoms with Gasteiger partial charge in [0.05, 0.1) is 10.7 Å². The van der Waals surface area contributed by atoms with Crippen LogP contribution in [0, 0.1) is 5.92 Å². The third-order valence-electron chi connectivity index (χ3n) is 4.83. The molecule has 2 amide bonds. The van der Waals surface area contributed by atoms with Crippen molar-refractivity contribution in [2.24, 2.45) is 5.92 Å². The quantitative estimate of drug-likeness (QED) is 0.873. The first-order valence-electron chi connectivity index (χ1n) is 8.93. The van der Waals surface area contributed by atoms with Crippen LogP contribution >= 0.6 is 11.6 Å². The molecule has 1 saturated heterocycles. The molecule has 1 aliphatic heterocycles. The number of benzene rings is 1. The zero-order valence-electron chi connectivity index (χ0n) is 14.3. The number of nitrogens with zero attached hydrogens (tertiary/aromatic N) is 2. The fourth-order valence-corrected chi connectivity index (χ4v) is 3.47. The van der Waals surface area contributed by atoms with Crippen molar-refractivity contribution in [1.82, 2.24) is 10.3 Å². The lowest BCUT2D eigenvalue weighted by Crippen LogP contribution is -2.52. The van der Waals surface area contributed by atoms with Gasteiger partial charge in [0.2, 0.25) is 5.91 Å². The van der Waals surface area contributed by atoms with E-state index in [0.29, 0.717) is 35.5 Å². The summed E-state index contributed by atoms with van der Waals surface area (Å²) in [5, 5.41) is 3.31. The summed E-state index contributed by atoms with van der Waals surface area (Å²) in [6.45, 7) is 0.588. The summed E-state index contributed by atoms with van der Waals surface area (Å²) in [5.41, 5.74) is 0.898. The van der Waals surface area contributed by atoms with Gasteiger partial charge in [0.1, 0.15) is 12.3 Å². The number of aromatic nitrogens is 1. The normalized spacial score (nSPS) is 20.3. The number of hydrogen-bond donors (Lipinski definition) is 1. The zero-order valence-corrected chi connectivity index (χ0v) is 15.0. The van der Waals surface area contributed by atoms with Crippen LogP contribution in [0.15, 0.2) is 34.9 Å². The Labute approximate surface area is 156 Å². The highest BCUT2D eigenvalue weighted by Gasteiger charge is 2.32. The fraction of sp³-hybridized carbons (Fsp3) is 0.421. The number of carbonyl (C=O) groups excluding carboxylic acids is 2. The number of nitrogens with one attached hydrogen (secondary N) is 1. The number of halogens is 1. The predicted octanol–water partition coefficient (Wildman–Crippen LogP) is 3.21. The Morgan fingerprint density at radius 1 is 1.31 bits per heavy atom. The average Bonchev–Trinajstić information content (AvgIpc) is 3.32. The maximum absolute atomic E-state index is 12.8. The predicted molar refractivity (Wildman–Crippen MR) is 97.2 cm³/mol. The van der Waals surface area contributed by atoms with Crippen LogP contribution in [0.1, 0.15) is 42.1 Å². The van der Waals surface area contributed by atoms with Gasteiger partial charge in [-0.1, -0.05) is 23.7 Å². The molecule has 0 unspecified atom stereocenters. The summed E-state index contributed by atoms with van der Waals surface area (Å²) in [4.78, 5) is 31.1. The maximum atomic E-state index is 12.8. The first-order valence-corrected chi connectivity index (χ1v) is 9.31. The number of anilines is 1. The Hall–Kier alpha value is -2.34. The zero-order chi connectivity index (χ0) is 18.1. The van der Waals surface area contributed by atoms with Gasteiger partial charge in [-0.3, -0.25) is 9.59 Å². The van der Waals surface area contributed by atoms with Crippen LogP contribution in [0.4, 0.5) is 5.69 Å². The van der Waals surface area contributed by atoms with E-state index < -0.39 is 6.04 Å². The second-order valence-corrected chi connectivity index (χ2v) is 7.29. The molecule has 4 rings (SSSR count). The van der Waals surface area contributed by atoms with Crippen LogP contribution in [-0.2, 0) is 11.2 Å². The number of hydrogen-bond acceptors (Lipinski definition) is 4. The molecular formula is C19H20ClN3O3. The smallest absolute Gasteiger partial charge is 0.273 e. The van der Waals surface area contributed by atoms with E-state index in [-0.39, 0.29) is 17.5 Å². The number of oxazole rings is 1. The van der Waals surface area contributed by atoms with Crippen molar-refractivity contribution in [3.63, 3.8) is 0 Å². The Balaban J connectivity index is 1.43. The lowest BCUT2D eigenvalue weighted by atomic mass is 10.0. The molecule has 1 atom stereocenters. The summed E-state index contributed by atoms with van der Waals surface area (Å²) in [6, 6.07) is 6.64. The third-order valence-corrected chi connectivity index (χ3v) is 5.15. The molecule has 0 spiro atoms. The molecular weight excluding hydrogens is 354 g/mol. The summed E-state index contributed by atoms with van der Waals surface area (Å²) in [5.74, 6) is 0.688. The Morgan fingerprint density at radius 2 is 2.12 bits per heavy atom. The summed E-state index contributed by atoms with van der Waals surface area (Å²) in [7, 11) is 0. The second-order valence-electron chi connectivity index (χ2n) is 6.88. The number of amides is 2. The molecule has 2 heterocycles. The maximum Gasteiger partial charge on any atom is 0.273 e. The Bertz CT molecular complexity index is 831. The molecule has 7 heteroatoms. The van der Waals surface area contributed by atoms with Gasteiger partial charge in [0, 0.05) is 13.0 Å². The van der Waals surface area contributed by atoms with Crippen LogP contribution in [-0.4, -0.2) is 29.4 Å². The van der Waals surface area contributed by atoms with E-state index in [4.69, 9.17) is 16.0 Å². The first-order chi connectivity index (χ1) is 12.6. The molecule has 0 bridgehead atoms. The number of rotatable bonds is 5. The van der Waals surface area contributed by atoms with Crippen molar-refractivity contribution in [3.05, 3.63) is 47.1 Å². The lowest BCUT2D eigenvalue weighted by Gasteiger charge is -2.33. The highest BCUT2D eigenvalue weighted by Crippen LogP contribution is 2.32. The topological polar surface area (TPSA) is 75.4 Å². The van der Waals surface area contributed by atoms with Crippen molar-refractivity contribution >= 4 is 29.1 Å². The van der Waals surface area contributed by atoms with Crippen LogP contribution in [0.25, 0.3) is 0 Å². The molecule has 1 saturated carbocycles. The largest absolute Gasteiger partial charge is 0.448 e. The summed E-state index contributed by atoms with van der Waals surface area (Å²) in [6.07, 6.45) is 5.91. The van der Waals surface area contributed by atoms with E-state index in [9.17, 15) is 9.59 Å². The van der Waals surface area contributed by atoms with E-state index in [2.05, 4.69) is 10.3 Å². The van der Waals surface area contributed by atoms with Crippen molar-refractivity contribution in [3.8, 4) is 0 Å². The number of carbonyl (C=O) groups is 2. The van der Waals surface area contributed by atoms with Gasteiger partial charge in [-0.25, -0.2) is 4.98 Å². The highest BCUT2D eigenvalue weighted by molar-refractivity contribution is 6.33. The van der Waals surface area contributed by atoms with Gasteiger partial charge in [-0.05, 0) is 43.7 Å².